The first kappa shape index (κ1) is 14.7. The van der Waals surface area contributed by atoms with Crippen molar-refractivity contribution in [3.05, 3.63) is 0 Å². The maximum Gasteiger partial charge on any atom is 0.138 e. The molecule has 0 aromatic carbocycles. The molecule has 0 aromatic rings. The number of ether oxygens (including phenoxy) is 1. The molecule has 0 spiro atoms. The van der Waals surface area contributed by atoms with Crippen LogP contribution in [-0.4, -0.2) is 23.5 Å². The van der Waals surface area contributed by atoms with Crippen LogP contribution in [0.1, 0.15) is 59.8 Å². The van der Waals surface area contributed by atoms with Gasteiger partial charge in [-0.15, -0.1) is 0 Å². The summed E-state index contributed by atoms with van der Waals surface area (Å²) in [7, 11) is 0. The number of rotatable bonds is 6. The molecule has 1 aliphatic rings. The molecule has 0 aliphatic carbocycles. The van der Waals surface area contributed by atoms with Gasteiger partial charge in [0.15, 0.2) is 0 Å². The SMILES string of the molecule is CC1(C)CC(C(=O)CCCCCN)C(C)(C)O1. The average molecular weight is 241 g/mol. The Hall–Kier alpha value is -0.410. The monoisotopic (exact) mass is 241 g/mol. The molecular weight excluding hydrogens is 214 g/mol. The summed E-state index contributed by atoms with van der Waals surface area (Å²) >= 11 is 0. The maximum absolute atomic E-state index is 12.2. The first-order chi connectivity index (χ1) is 7.78. The maximum atomic E-state index is 12.2. The standard InChI is InChI=1S/C14H27NO2/c1-13(2)10-11(14(3,4)17-13)12(16)8-6-5-7-9-15/h11H,5-10,15H2,1-4H3. The van der Waals surface area contributed by atoms with Crippen LogP contribution in [0.3, 0.4) is 0 Å². The van der Waals surface area contributed by atoms with Gasteiger partial charge in [-0.25, -0.2) is 0 Å². The summed E-state index contributed by atoms with van der Waals surface area (Å²) in [6.07, 6.45) is 4.55. The minimum atomic E-state index is -0.311. The number of ketones is 1. The highest BCUT2D eigenvalue weighted by atomic mass is 16.5. The molecule has 0 aromatic heterocycles. The summed E-state index contributed by atoms with van der Waals surface area (Å²) in [6.45, 7) is 8.92. The second kappa shape index (κ2) is 5.49. The van der Waals surface area contributed by atoms with Crippen LogP contribution in [0.4, 0.5) is 0 Å². The van der Waals surface area contributed by atoms with Crippen LogP contribution in [0.2, 0.25) is 0 Å². The Balaban J connectivity index is 2.46. The van der Waals surface area contributed by atoms with Crippen molar-refractivity contribution < 1.29 is 9.53 Å². The lowest BCUT2D eigenvalue weighted by molar-refractivity contribution is -0.129. The summed E-state index contributed by atoms with van der Waals surface area (Å²) in [5, 5.41) is 0. The van der Waals surface area contributed by atoms with Crippen molar-refractivity contribution in [2.75, 3.05) is 6.54 Å². The molecule has 0 radical (unpaired) electrons. The number of Topliss-reactive ketones (excluding diaryl/α,β-unsaturated/α-hetero) is 1. The molecule has 100 valence electrons. The number of carbonyl (C=O) groups excluding carboxylic acids is 1. The molecule has 0 bridgehead atoms. The Morgan fingerprint density at radius 1 is 1.24 bits per heavy atom. The van der Waals surface area contributed by atoms with Gasteiger partial charge in [-0.3, -0.25) is 4.79 Å². The highest BCUT2D eigenvalue weighted by Crippen LogP contribution is 2.42. The van der Waals surface area contributed by atoms with Gasteiger partial charge in [0.05, 0.1) is 11.2 Å². The molecule has 0 saturated carbocycles. The first-order valence-corrected chi connectivity index (χ1v) is 6.71. The Kier molecular flexibility index (Phi) is 4.73. The second-order valence-corrected chi connectivity index (χ2v) is 6.29. The fourth-order valence-electron chi connectivity index (χ4n) is 2.86. The second-order valence-electron chi connectivity index (χ2n) is 6.29. The molecule has 1 unspecified atom stereocenters. The number of unbranched alkanes of at least 4 members (excludes halogenated alkanes) is 2. The van der Waals surface area contributed by atoms with Crippen molar-refractivity contribution >= 4 is 5.78 Å². The highest BCUT2D eigenvalue weighted by Gasteiger charge is 2.48. The molecule has 1 aliphatic heterocycles. The van der Waals surface area contributed by atoms with E-state index in [2.05, 4.69) is 13.8 Å². The number of hydrogen-bond acceptors (Lipinski definition) is 3. The highest BCUT2D eigenvalue weighted by molar-refractivity contribution is 5.82. The summed E-state index contributed by atoms with van der Waals surface area (Å²) in [5.74, 6) is 0.410. The molecule has 1 rings (SSSR count). The van der Waals surface area contributed by atoms with Crippen LogP contribution < -0.4 is 5.73 Å². The van der Waals surface area contributed by atoms with Gasteiger partial charge in [-0.2, -0.15) is 0 Å². The van der Waals surface area contributed by atoms with Gasteiger partial charge in [0.25, 0.3) is 0 Å². The molecule has 17 heavy (non-hydrogen) atoms. The fraction of sp³-hybridized carbons (Fsp3) is 0.929. The summed E-state index contributed by atoms with van der Waals surface area (Å²) < 4.78 is 5.96. The lowest BCUT2D eigenvalue weighted by atomic mass is 9.82. The largest absolute Gasteiger partial charge is 0.369 e. The van der Waals surface area contributed by atoms with E-state index in [1.165, 1.54) is 0 Å². The van der Waals surface area contributed by atoms with Crippen molar-refractivity contribution in [3.63, 3.8) is 0 Å². The molecule has 3 nitrogen and oxygen atoms in total. The average Bonchev–Trinajstić information content (AvgIpc) is 2.41. The summed E-state index contributed by atoms with van der Waals surface area (Å²) in [6, 6.07) is 0. The molecule has 2 N–H and O–H groups in total. The molecule has 3 heteroatoms. The van der Waals surface area contributed by atoms with E-state index in [0.717, 1.165) is 32.2 Å². The van der Waals surface area contributed by atoms with E-state index < -0.39 is 0 Å². The van der Waals surface area contributed by atoms with E-state index in [1.807, 2.05) is 13.8 Å². The zero-order chi connectivity index (χ0) is 13.1. The zero-order valence-corrected chi connectivity index (χ0v) is 11.7. The molecule has 1 fully saturated rings. The molecule has 1 heterocycles. The van der Waals surface area contributed by atoms with Crippen LogP contribution in [0.25, 0.3) is 0 Å². The molecule has 1 saturated heterocycles. The van der Waals surface area contributed by atoms with Gasteiger partial charge in [0.2, 0.25) is 0 Å². The van der Waals surface area contributed by atoms with Gasteiger partial charge in [0, 0.05) is 12.3 Å². The van der Waals surface area contributed by atoms with Crippen molar-refractivity contribution in [2.24, 2.45) is 11.7 Å². The lowest BCUT2D eigenvalue weighted by Crippen LogP contribution is -2.33. The van der Waals surface area contributed by atoms with Crippen molar-refractivity contribution in [3.8, 4) is 0 Å². The summed E-state index contributed by atoms with van der Waals surface area (Å²) in [4.78, 5) is 12.2. The van der Waals surface area contributed by atoms with Gasteiger partial charge in [-0.1, -0.05) is 6.42 Å². The van der Waals surface area contributed by atoms with Crippen LogP contribution in [0.15, 0.2) is 0 Å². The van der Waals surface area contributed by atoms with E-state index >= 15 is 0 Å². The quantitative estimate of drug-likeness (QED) is 0.727. The molecular formula is C14H27NO2. The van der Waals surface area contributed by atoms with Crippen molar-refractivity contribution in [2.45, 2.75) is 71.0 Å². The smallest absolute Gasteiger partial charge is 0.138 e. The van der Waals surface area contributed by atoms with Crippen LogP contribution in [0, 0.1) is 5.92 Å². The molecule has 1 atom stereocenters. The third-order valence-electron chi connectivity index (χ3n) is 3.59. The van der Waals surface area contributed by atoms with E-state index in [9.17, 15) is 4.79 Å². The van der Waals surface area contributed by atoms with E-state index in [4.69, 9.17) is 10.5 Å². The van der Waals surface area contributed by atoms with E-state index in [0.29, 0.717) is 12.2 Å². The van der Waals surface area contributed by atoms with Crippen molar-refractivity contribution in [1.82, 2.24) is 0 Å². The van der Waals surface area contributed by atoms with E-state index in [-0.39, 0.29) is 17.1 Å². The number of carbonyl (C=O) groups is 1. The predicted molar refractivity (Wildman–Crippen MR) is 69.9 cm³/mol. The number of nitrogens with two attached hydrogens (primary N) is 1. The third kappa shape index (κ3) is 4.07. The minimum Gasteiger partial charge on any atom is -0.369 e. The van der Waals surface area contributed by atoms with Gasteiger partial charge >= 0.3 is 0 Å². The van der Waals surface area contributed by atoms with Crippen LogP contribution in [0.5, 0.6) is 0 Å². The Morgan fingerprint density at radius 3 is 2.35 bits per heavy atom. The Morgan fingerprint density at radius 2 is 1.88 bits per heavy atom. The van der Waals surface area contributed by atoms with Crippen LogP contribution in [-0.2, 0) is 9.53 Å². The number of hydrogen-bond donors (Lipinski definition) is 1. The van der Waals surface area contributed by atoms with Crippen LogP contribution >= 0.6 is 0 Å². The predicted octanol–water partition coefficient (Wildman–Crippen LogP) is 2.67. The van der Waals surface area contributed by atoms with E-state index in [1.54, 1.807) is 0 Å². The first-order valence-electron chi connectivity index (χ1n) is 6.71. The summed E-state index contributed by atoms with van der Waals surface area (Å²) in [5.41, 5.74) is 4.96. The normalized spacial score (nSPS) is 26.1. The Labute approximate surface area is 105 Å². The van der Waals surface area contributed by atoms with Gasteiger partial charge < -0.3 is 10.5 Å². The fourth-order valence-corrected chi connectivity index (χ4v) is 2.86. The Bertz CT molecular complexity index is 271. The van der Waals surface area contributed by atoms with Gasteiger partial charge in [-0.05, 0) is 53.5 Å². The topological polar surface area (TPSA) is 52.3 Å². The molecule has 0 amide bonds. The minimum absolute atomic E-state index is 0.0513. The third-order valence-corrected chi connectivity index (χ3v) is 3.59. The van der Waals surface area contributed by atoms with Gasteiger partial charge in [0.1, 0.15) is 5.78 Å². The lowest BCUT2D eigenvalue weighted by Gasteiger charge is -2.26. The zero-order valence-electron chi connectivity index (χ0n) is 11.7. The van der Waals surface area contributed by atoms with Crippen molar-refractivity contribution in [1.29, 1.82) is 0 Å².